The quantitative estimate of drug-likeness (QED) is 0.889. The van der Waals surface area contributed by atoms with Crippen molar-refractivity contribution in [2.45, 2.75) is 19.9 Å². The Hall–Kier alpha value is -1.81. The van der Waals surface area contributed by atoms with Gasteiger partial charge in [-0.15, -0.1) is 0 Å². The van der Waals surface area contributed by atoms with Gasteiger partial charge >= 0.3 is 0 Å². The molecule has 2 aromatic rings. The zero-order valence-electron chi connectivity index (χ0n) is 10.0. The zero-order chi connectivity index (χ0) is 13.0. The molecule has 2 N–H and O–H groups in total. The lowest BCUT2D eigenvalue weighted by Gasteiger charge is -2.05. The molecule has 0 bridgehead atoms. The van der Waals surface area contributed by atoms with Crippen LogP contribution < -0.4 is 5.32 Å². The number of rotatable bonds is 4. The van der Waals surface area contributed by atoms with Gasteiger partial charge in [0.05, 0.1) is 12.1 Å². The van der Waals surface area contributed by atoms with E-state index in [0.717, 1.165) is 17.0 Å². The minimum absolute atomic E-state index is 0.0681. The molecular weight excluding hydrogens is 250 g/mol. The van der Waals surface area contributed by atoms with Crippen molar-refractivity contribution in [1.82, 2.24) is 15.5 Å². The van der Waals surface area contributed by atoms with Crippen LogP contribution in [0.5, 0.6) is 0 Å². The molecule has 18 heavy (non-hydrogen) atoms. The van der Waals surface area contributed by atoms with E-state index in [-0.39, 0.29) is 12.3 Å². The highest BCUT2D eigenvalue weighted by Gasteiger charge is 2.06. The maximum Gasteiger partial charge on any atom is 0.226 e. The Bertz CT molecular complexity index is 551. The van der Waals surface area contributed by atoms with Crippen LogP contribution in [-0.2, 0) is 17.8 Å². The Labute approximate surface area is 110 Å². The highest BCUT2D eigenvalue weighted by atomic mass is 35.5. The van der Waals surface area contributed by atoms with E-state index in [1.165, 1.54) is 0 Å². The van der Waals surface area contributed by atoms with Crippen LogP contribution in [0, 0.1) is 6.92 Å². The summed E-state index contributed by atoms with van der Waals surface area (Å²) in [7, 11) is 0. The summed E-state index contributed by atoms with van der Waals surface area (Å²) in [6.45, 7) is 2.33. The largest absolute Gasteiger partial charge is 0.352 e. The summed E-state index contributed by atoms with van der Waals surface area (Å²) in [4.78, 5) is 11.7. The number of hydrogen-bond donors (Lipinski definition) is 2. The molecule has 94 valence electrons. The minimum atomic E-state index is -0.0681. The molecule has 5 heteroatoms. The normalized spacial score (nSPS) is 10.3. The van der Waals surface area contributed by atoms with Gasteiger partial charge in [-0.05, 0) is 24.6 Å². The first kappa shape index (κ1) is 12.6. The number of nitrogens with one attached hydrogen (secondary N) is 2. The molecular formula is C13H14ClN3O. The van der Waals surface area contributed by atoms with Crippen molar-refractivity contribution in [3.05, 3.63) is 52.3 Å². The van der Waals surface area contributed by atoms with Gasteiger partial charge in [-0.2, -0.15) is 5.10 Å². The fourth-order valence-electron chi connectivity index (χ4n) is 1.63. The summed E-state index contributed by atoms with van der Waals surface area (Å²) in [5.74, 6) is -0.0681. The maximum absolute atomic E-state index is 11.7. The average molecular weight is 264 g/mol. The number of aromatic nitrogens is 2. The predicted molar refractivity (Wildman–Crippen MR) is 70.3 cm³/mol. The number of benzene rings is 1. The Balaban J connectivity index is 1.87. The third-order valence-corrected chi connectivity index (χ3v) is 2.90. The van der Waals surface area contributed by atoms with E-state index < -0.39 is 0 Å². The summed E-state index contributed by atoms with van der Waals surface area (Å²) < 4.78 is 0. The number of carbonyl (C=O) groups excluding carboxylic acids is 1. The number of aryl methyl sites for hydroxylation is 1. The fraction of sp³-hybridized carbons (Fsp3) is 0.231. The predicted octanol–water partition coefficient (Wildman–Crippen LogP) is 2.23. The molecule has 1 aromatic heterocycles. The molecule has 1 amide bonds. The van der Waals surface area contributed by atoms with Crippen LogP contribution >= 0.6 is 11.6 Å². The first-order chi connectivity index (χ1) is 8.65. The van der Waals surface area contributed by atoms with E-state index >= 15 is 0 Å². The molecule has 0 fully saturated rings. The first-order valence-corrected chi connectivity index (χ1v) is 6.04. The Morgan fingerprint density at radius 1 is 1.44 bits per heavy atom. The minimum Gasteiger partial charge on any atom is -0.352 e. The van der Waals surface area contributed by atoms with Crippen LogP contribution in [-0.4, -0.2) is 16.1 Å². The maximum atomic E-state index is 11.7. The standard InChI is InChI=1S/C13H14ClN3O/c1-9-6-11(17-16-9)7-13(18)15-8-10-4-2-3-5-12(10)14/h2-6H,7-8H2,1H3,(H,15,18)(H,16,17). The molecule has 0 aliphatic heterocycles. The zero-order valence-corrected chi connectivity index (χ0v) is 10.8. The van der Waals surface area contributed by atoms with E-state index in [2.05, 4.69) is 15.5 Å². The number of H-pyrrole nitrogens is 1. The Morgan fingerprint density at radius 3 is 2.89 bits per heavy atom. The van der Waals surface area contributed by atoms with Crippen LogP contribution in [0.15, 0.2) is 30.3 Å². The van der Waals surface area contributed by atoms with Crippen molar-refractivity contribution in [1.29, 1.82) is 0 Å². The molecule has 1 aromatic carbocycles. The lowest BCUT2D eigenvalue weighted by atomic mass is 10.2. The van der Waals surface area contributed by atoms with Crippen molar-refractivity contribution in [3.63, 3.8) is 0 Å². The molecule has 0 atom stereocenters. The lowest BCUT2D eigenvalue weighted by molar-refractivity contribution is -0.120. The van der Waals surface area contributed by atoms with Gasteiger partial charge < -0.3 is 5.32 Å². The van der Waals surface area contributed by atoms with Gasteiger partial charge in [0.15, 0.2) is 0 Å². The van der Waals surface area contributed by atoms with Gasteiger partial charge in [-0.3, -0.25) is 9.89 Å². The molecule has 1 heterocycles. The van der Waals surface area contributed by atoms with Crippen molar-refractivity contribution in [2.75, 3.05) is 0 Å². The number of carbonyl (C=O) groups is 1. The van der Waals surface area contributed by atoms with Crippen LogP contribution in [0.25, 0.3) is 0 Å². The third-order valence-electron chi connectivity index (χ3n) is 2.53. The number of aromatic amines is 1. The molecule has 0 aliphatic carbocycles. The van der Waals surface area contributed by atoms with E-state index in [1.54, 1.807) is 6.07 Å². The molecule has 0 radical (unpaired) electrons. The summed E-state index contributed by atoms with van der Waals surface area (Å²) >= 11 is 6.00. The van der Waals surface area contributed by atoms with Crippen LogP contribution in [0.1, 0.15) is 17.0 Å². The van der Waals surface area contributed by atoms with E-state index in [4.69, 9.17) is 11.6 Å². The van der Waals surface area contributed by atoms with Crippen molar-refractivity contribution >= 4 is 17.5 Å². The van der Waals surface area contributed by atoms with Crippen molar-refractivity contribution < 1.29 is 4.79 Å². The van der Waals surface area contributed by atoms with Crippen LogP contribution in [0.3, 0.4) is 0 Å². The van der Waals surface area contributed by atoms with E-state index in [9.17, 15) is 4.79 Å². The average Bonchev–Trinajstić information content (AvgIpc) is 2.74. The van der Waals surface area contributed by atoms with Gasteiger partial charge in [0.25, 0.3) is 0 Å². The summed E-state index contributed by atoms with van der Waals surface area (Å²) in [5, 5.41) is 10.3. The Morgan fingerprint density at radius 2 is 2.22 bits per heavy atom. The SMILES string of the molecule is Cc1cc(CC(=O)NCc2ccccc2Cl)n[nH]1. The highest BCUT2D eigenvalue weighted by molar-refractivity contribution is 6.31. The van der Waals surface area contributed by atoms with Gasteiger partial charge in [0, 0.05) is 17.3 Å². The molecule has 2 rings (SSSR count). The monoisotopic (exact) mass is 263 g/mol. The second-order valence-corrected chi connectivity index (χ2v) is 4.49. The Kier molecular flexibility index (Phi) is 3.99. The molecule has 0 spiro atoms. The molecule has 0 saturated heterocycles. The second kappa shape index (κ2) is 5.69. The summed E-state index contributed by atoms with van der Waals surface area (Å²) in [5.41, 5.74) is 2.60. The summed E-state index contributed by atoms with van der Waals surface area (Å²) in [6.07, 6.45) is 0.273. The van der Waals surface area contributed by atoms with E-state index in [1.807, 2.05) is 31.2 Å². The molecule has 0 unspecified atom stereocenters. The van der Waals surface area contributed by atoms with Gasteiger partial charge in [0.1, 0.15) is 0 Å². The molecule has 4 nitrogen and oxygen atoms in total. The fourth-order valence-corrected chi connectivity index (χ4v) is 1.83. The number of amides is 1. The van der Waals surface area contributed by atoms with Crippen LogP contribution in [0.2, 0.25) is 5.02 Å². The highest BCUT2D eigenvalue weighted by Crippen LogP contribution is 2.14. The smallest absolute Gasteiger partial charge is 0.226 e. The third kappa shape index (κ3) is 3.34. The number of hydrogen-bond acceptors (Lipinski definition) is 2. The van der Waals surface area contributed by atoms with Crippen molar-refractivity contribution in [3.8, 4) is 0 Å². The molecule has 0 saturated carbocycles. The topological polar surface area (TPSA) is 57.8 Å². The molecule has 0 aliphatic rings. The number of halogens is 1. The first-order valence-electron chi connectivity index (χ1n) is 5.66. The van der Waals surface area contributed by atoms with E-state index in [0.29, 0.717) is 11.6 Å². The van der Waals surface area contributed by atoms with Gasteiger partial charge in [-0.1, -0.05) is 29.8 Å². The number of nitrogens with zero attached hydrogens (tertiary/aromatic N) is 1. The second-order valence-electron chi connectivity index (χ2n) is 4.09. The summed E-state index contributed by atoms with van der Waals surface area (Å²) in [6, 6.07) is 9.31. The van der Waals surface area contributed by atoms with Gasteiger partial charge in [0.2, 0.25) is 5.91 Å². The van der Waals surface area contributed by atoms with Gasteiger partial charge in [-0.25, -0.2) is 0 Å². The lowest BCUT2D eigenvalue weighted by Crippen LogP contribution is -2.24. The van der Waals surface area contributed by atoms with Crippen LogP contribution in [0.4, 0.5) is 0 Å². The van der Waals surface area contributed by atoms with Crippen molar-refractivity contribution in [2.24, 2.45) is 0 Å².